The summed E-state index contributed by atoms with van der Waals surface area (Å²) in [5.74, 6) is -0.337. The number of piperazine rings is 1. The molecule has 2 aromatic carbocycles. The molecule has 2 amide bonds. The van der Waals surface area contributed by atoms with Crippen molar-refractivity contribution >= 4 is 17.5 Å². The van der Waals surface area contributed by atoms with Crippen LogP contribution in [0.25, 0.3) is 0 Å². The molecule has 0 aliphatic carbocycles. The van der Waals surface area contributed by atoms with Gasteiger partial charge in [0, 0.05) is 37.9 Å². The Hall–Kier alpha value is -2.70. The lowest BCUT2D eigenvalue weighted by molar-refractivity contribution is -0.132. The van der Waals surface area contributed by atoms with Crippen molar-refractivity contribution in [2.45, 2.75) is 19.4 Å². The Bertz CT molecular complexity index is 815. The highest BCUT2D eigenvalue weighted by molar-refractivity contribution is 5.93. The van der Waals surface area contributed by atoms with Gasteiger partial charge in [-0.25, -0.2) is 0 Å². The van der Waals surface area contributed by atoms with E-state index in [9.17, 15) is 9.59 Å². The van der Waals surface area contributed by atoms with Crippen molar-refractivity contribution in [2.75, 3.05) is 38.5 Å². The third-order valence-electron chi connectivity index (χ3n) is 5.57. The van der Waals surface area contributed by atoms with E-state index in [1.807, 2.05) is 66.4 Å². The molecule has 0 radical (unpaired) electrons. The van der Waals surface area contributed by atoms with Crippen LogP contribution in [-0.4, -0.2) is 54.8 Å². The Kier molecular flexibility index (Phi) is 7.01. The van der Waals surface area contributed by atoms with Crippen LogP contribution in [0.15, 0.2) is 54.6 Å². The number of benzene rings is 2. The third-order valence-corrected chi connectivity index (χ3v) is 5.57. The summed E-state index contributed by atoms with van der Waals surface area (Å²) in [6.07, 6.45) is 0.382. The summed E-state index contributed by atoms with van der Waals surface area (Å²) >= 11 is 0. The van der Waals surface area contributed by atoms with Crippen LogP contribution in [-0.2, 0) is 16.0 Å². The predicted molar refractivity (Wildman–Crippen MR) is 115 cm³/mol. The normalized spacial score (nSPS) is 16.9. The number of likely N-dealkylation sites (N-methyl/N-ethyl adjacent to an activating group) is 1. The maximum absolute atomic E-state index is 12.6. The SMILES string of the molecule is CC(C(=O)Nc1ccc(CC(=O)N2CCN(C)CC2)cc1)C(N)c1ccccc1. The van der Waals surface area contributed by atoms with Crippen LogP contribution in [0.5, 0.6) is 0 Å². The molecule has 154 valence electrons. The Morgan fingerprint density at radius 1 is 1.00 bits per heavy atom. The van der Waals surface area contributed by atoms with Gasteiger partial charge >= 0.3 is 0 Å². The number of nitrogens with one attached hydrogen (secondary N) is 1. The second kappa shape index (κ2) is 9.67. The molecule has 3 rings (SSSR count). The molecule has 6 heteroatoms. The molecule has 2 atom stereocenters. The first kappa shape index (κ1) is 21.0. The molecular weight excluding hydrogens is 364 g/mol. The van der Waals surface area contributed by atoms with Crippen LogP contribution >= 0.6 is 0 Å². The molecule has 1 fully saturated rings. The topological polar surface area (TPSA) is 78.7 Å². The minimum atomic E-state index is -0.365. The highest BCUT2D eigenvalue weighted by atomic mass is 16.2. The van der Waals surface area contributed by atoms with Gasteiger partial charge in [-0.1, -0.05) is 49.4 Å². The summed E-state index contributed by atoms with van der Waals surface area (Å²) < 4.78 is 0. The standard InChI is InChI=1S/C23H30N4O2/c1-17(22(24)19-6-4-3-5-7-19)23(29)25-20-10-8-18(9-11-20)16-21(28)27-14-12-26(2)13-15-27/h3-11,17,22H,12-16,24H2,1-2H3,(H,25,29). The van der Waals surface area contributed by atoms with E-state index >= 15 is 0 Å². The number of carbonyl (C=O) groups is 2. The van der Waals surface area contributed by atoms with Gasteiger partial charge in [-0.05, 0) is 30.3 Å². The monoisotopic (exact) mass is 394 g/mol. The van der Waals surface area contributed by atoms with E-state index in [0.717, 1.165) is 37.3 Å². The zero-order valence-electron chi connectivity index (χ0n) is 17.2. The van der Waals surface area contributed by atoms with E-state index in [-0.39, 0.29) is 23.8 Å². The number of rotatable bonds is 6. The zero-order valence-corrected chi connectivity index (χ0v) is 17.2. The van der Waals surface area contributed by atoms with Crippen LogP contribution in [0.3, 0.4) is 0 Å². The highest BCUT2D eigenvalue weighted by Crippen LogP contribution is 2.21. The fourth-order valence-electron chi connectivity index (χ4n) is 3.43. The molecule has 1 aliphatic rings. The summed E-state index contributed by atoms with van der Waals surface area (Å²) in [5.41, 5.74) is 8.84. The Morgan fingerprint density at radius 3 is 2.24 bits per heavy atom. The van der Waals surface area contributed by atoms with Gasteiger partial charge in [0.25, 0.3) is 0 Å². The van der Waals surface area contributed by atoms with E-state index in [1.165, 1.54) is 0 Å². The van der Waals surface area contributed by atoms with Gasteiger partial charge in [0.15, 0.2) is 0 Å². The quantitative estimate of drug-likeness (QED) is 0.788. The van der Waals surface area contributed by atoms with Crippen LogP contribution in [0.2, 0.25) is 0 Å². The predicted octanol–water partition coefficient (Wildman–Crippen LogP) is 2.28. The molecule has 2 unspecified atom stereocenters. The number of nitrogens with zero attached hydrogens (tertiary/aromatic N) is 2. The lowest BCUT2D eigenvalue weighted by Crippen LogP contribution is -2.47. The Morgan fingerprint density at radius 2 is 1.62 bits per heavy atom. The minimum absolute atomic E-state index is 0.123. The maximum Gasteiger partial charge on any atom is 0.229 e. The second-order valence-electron chi connectivity index (χ2n) is 7.77. The molecule has 1 aliphatic heterocycles. The second-order valence-corrected chi connectivity index (χ2v) is 7.77. The first-order valence-electron chi connectivity index (χ1n) is 10.1. The van der Waals surface area contributed by atoms with Crippen molar-refractivity contribution in [2.24, 2.45) is 11.7 Å². The van der Waals surface area contributed by atoms with Gasteiger partial charge in [0.05, 0.1) is 12.3 Å². The van der Waals surface area contributed by atoms with Gasteiger partial charge < -0.3 is 20.9 Å². The summed E-state index contributed by atoms with van der Waals surface area (Å²) in [7, 11) is 2.07. The minimum Gasteiger partial charge on any atom is -0.340 e. The highest BCUT2D eigenvalue weighted by Gasteiger charge is 2.22. The number of nitrogens with two attached hydrogens (primary N) is 1. The number of hydrogen-bond donors (Lipinski definition) is 2. The van der Waals surface area contributed by atoms with E-state index in [1.54, 1.807) is 0 Å². The molecule has 6 nitrogen and oxygen atoms in total. The Labute approximate surface area is 172 Å². The number of carbonyl (C=O) groups excluding carboxylic acids is 2. The summed E-state index contributed by atoms with van der Waals surface area (Å²) in [6, 6.07) is 16.7. The van der Waals surface area contributed by atoms with Crippen molar-refractivity contribution in [3.05, 3.63) is 65.7 Å². The van der Waals surface area contributed by atoms with Crippen molar-refractivity contribution in [1.82, 2.24) is 9.80 Å². The molecule has 2 aromatic rings. The lowest BCUT2D eigenvalue weighted by Gasteiger charge is -2.32. The summed E-state index contributed by atoms with van der Waals surface area (Å²) in [6.45, 7) is 5.22. The number of hydrogen-bond acceptors (Lipinski definition) is 4. The molecule has 29 heavy (non-hydrogen) atoms. The van der Waals surface area contributed by atoms with E-state index in [2.05, 4.69) is 17.3 Å². The van der Waals surface area contributed by atoms with Crippen molar-refractivity contribution in [3.63, 3.8) is 0 Å². The van der Waals surface area contributed by atoms with E-state index in [4.69, 9.17) is 5.73 Å². The molecular formula is C23H30N4O2. The molecule has 0 spiro atoms. The fraction of sp³-hybridized carbons (Fsp3) is 0.391. The largest absolute Gasteiger partial charge is 0.340 e. The zero-order chi connectivity index (χ0) is 20.8. The third kappa shape index (κ3) is 5.65. The van der Waals surface area contributed by atoms with Crippen LogP contribution in [0.1, 0.15) is 24.1 Å². The summed E-state index contributed by atoms with van der Waals surface area (Å²) in [4.78, 5) is 29.2. The van der Waals surface area contributed by atoms with Crippen LogP contribution in [0.4, 0.5) is 5.69 Å². The average Bonchev–Trinajstić information content (AvgIpc) is 2.75. The van der Waals surface area contributed by atoms with Gasteiger partial charge in [0.1, 0.15) is 0 Å². The fourth-order valence-corrected chi connectivity index (χ4v) is 3.43. The Balaban J connectivity index is 1.53. The van der Waals surface area contributed by atoms with Gasteiger partial charge in [-0.3, -0.25) is 9.59 Å². The number of anilines is 1. The van der Waals surface area contributed by atoms with Crippen molar-refractivity contribution in [1.29, 1.82) is 0 Å². The molecule has 0 saturated carbocycles. The van der Waals surface area contributed by atoms with Crippen LogP contribution < -0.4 is 11.1 Å². The first-order chi connectivity index (χ1) is 13.9. The van der Waals surface area contributed by atoms with Crippen LogP contribution in [0, 0.1) is 5.92 Å². The smallest absolute Gasteiger partial charge is 0.229 e. The van der Waals surface area contributed by atoms with E-state index < -0.39 is 0 Å². The molecule has 0 aromatic heterocycles. The molecule has 0 bridgehead atoms. The maximum atomic E-state index is 12.6. The first-order valence-corrected chi connectivity index (χ1v) is 10.1. The van der Waals surface area contributed by atoms with Gasteiger partial charge in [-0.2, -0.15) is 0 Å². The average molecular weight is 395 g/mol. The van der Waals surface area contributed by atoms with Gasteiger partial charge in [-0.15, -0.1) is 0 Å². The van der Waals surface area contributed by atoms with Gasteiger partial charge in [0.2, 0.25) is 11.8 Å². The summed E-state index contributed by atoms with van der Waals surface area (Å²) in [5, 5.41) is 2.92. The molecule has 1 saturated heterocycles. The van der Waals surface area contributed by atoms with Crippen molar-refractivity contribution < 1.29 is 9.59 Å². The lowest BCUT2D eigenvalue weighted by atomic mass is 9.94. The van der Waals surface area contributed by atoms with Crippen molar-refractivity contribution in [3.8, 4) is 0 Å². The molecule has 3 N–H and O–H groups in total. The number of amides is 2. The van der Waals surface area contributed by atoms with E-state index in [0.29, 0.717) is 12.1 Å². The molecule has 1 heterocycles.